The lowest BCUT2D eigenvalue weighted by atomic mass is 10.1. The van der Waals surface area contributed by atoms with Crippen molar-refractivity contribution in [1.82, 2.24) is 16.0 Å². The molecule has 0 aromatic rings. The van der Waals surface area contributed by atoms with Crippen molar-refractivity contribution in [1.29, 1.82) is 0 Å². The van der Waals surface area contributed by atoms with E-state index in [-0.39, 0.29) is 24.0 Å². The van der Waals surface area contributed by atoms with Gasteiger partial charge in [0.25, 0.3) is 0 Å². The molecule has 0 unspecified atom stereocenters. The van der Waals surface area contributed by atoms with E-state index in [0.717, 1.165) is 37.2 Å². The normalized spacial score (nSPS) is 21.2. The van der Waals surface area contributed by atoms with E-state index in [1.807, 2.05) is 18.7 Å². The zero-order valence-electron chi connectivity index (χ0n) is 11.8. The number of hydrogen-bond donors (Lipinski definition) is 3. The van der Waals surface area contributed by atoms with Gasteiger partial charge in [-0.1, -0.05) is 6.92 Å². The van der Waals surface area contributed by atoms with Gasteiger partial charge in [0.05, 0.1) is 0 Å². The minimum absolute atomic E-state index is 0.0677. The third-order valence-corrected chi connectivity index (χ3v) is 4.05. The molecular formula is C13H25N3O2S. The minimum atomic E-state index is -0.389. The molecule has 0 aromatic carbocycles. The second kappa shape index (κ2) is 9.07. The molecule has 0 saturated carbocycles. The van der Waals surface area contributed by atoms with E-state index < -0.39 is 0 Å². The quantitative estimate of drug-likeness (QED) is 0.648. The first kappa shape index (κ1) is 16.1. The monoisotopic (exact) mass is 287 g/mol. The molecular weight excluding hydrogens is 262 g/mol. The Morgan fingerprint density at radius 1 is 1.53 bits per heavy atom. The van der Waals surface area contributed by atoms with Crippen molar-refractivity contribution in [2.45, 2.75) is 51.6 Å². The van der Waals surface area contributed by atoms with Crippen LogP contribution < -0.4 is 16.0 Å². The number of urea groups is 1. The molecule has 1 rings (SSSR count). The fourth-order valence-corrected chi connectivity index (χ4v) is 2.79. The zero-order valence-corrected chi connectivity index (χ0v) is 12.6. The van der Waals surface area contributed by atoms with Crippen molar-refractivity contribution in [3.8, 4) is 0 Å². The first-order chi connectivity index (χ1) is 9.13. The number of hydrogen-bond acceptors (Lipinski definition) is 3. The molecule has 0 radical (unpaired) electrons. The highest BCUT2D eigenvalue weighted by molar-refractivity contribution is 7.99. The molecule has 0 aromatic heterocycles. The van der Waals surface area contributed by atoms with Crippen LogP contribution in [0.25, 0.3) is 0 Å². The number of nitrogens with one attached hydrogen (secondary N) is 3. The van der Waals surface area contributed by atoms with Gasteiger partial charge in [0, 0.05) is 12.6 Å². The topological polar surface area (TPSA) is 70.2 Å². The third kappa shape index (κ3) is 6.71. The van der Waals surface area contributed by atoms with E-state index in [1.54, 1.807) is 0 Å². The number of amides is 3. The summed E-state index contributed by atoms with van der Waals surface area (Å²) in [6, 6.07) is -0.497. The van der Waals surface area contributed by atoms with E-state index in [9.17, 15) is 9.59 Å². The molecule has 1 fully saturated rings. The molecule has 110 valence electrons. The van der Waals surface area contributed by atoms with Crippen molar-refractivity contribution in [3.63, 3.8) is 0 Å². The molecule has 1 saturated heterocycles. The van der Waals surface area contributed by atoms with Gasteiger partial charge in [0.15, 0.2) is 0 Å². The average molecular weight is 287 g/mol. The fourth-order valence-electron chi connectivity index (χ4n) is 1.98. The summed E-state index contributed by atoms with van der Waals surface area (Å²) in [7, 11) is 0. The van der Waals surface area contributed by atoms with E-state index in [1.165, 1.54) is 0 Å². The lowest BCUT2D eigenvalue weighted by Crippen LogP contribution is -2.50. The van der Waals surface area contributed by atoms with Gasteiger partial charge < -0.3 is 16.0 Å². The highest BCUT2D eigenvalue weighted by Crippen LogP contribution is 2.06. The Hall–Kier alpha value is -0.910. The van der Waals surface area contributed by atoms with Gasteiger partial charge in [-0.2, -0.15) is 11.8 Å². The number of thioether (sulfide) groups is 1. The van der Waals surface area contributed by atoms with Crippen molar-refractivity contribution >= 4 is 23.7 Å². The predicted octanol–water partition coefficient (Wildman–Crippen LogP) is 1.49. The molecule has 1 aliphatic rings. The summed E-state index contributed by atoms with van der Waals surface area (Å²) in [5.74, 6) is 2.07. The Balaban J connectivity index is 2.27. The van der Waals surface area contributed by atoms with Gasteiger partial charge in [0.2, 0.25) is 5.91 Å². The summed E-state index contributed by atoms with van der Waals surface area (Å²) in [4.78, 5) is 23.5. The molecule has 5 nitrogen and oxygen atoms in total. The number of rotatable bonds is 6. The Labute approximate surface area is 119 Å². The number of carbonyl (C=O) groups is 2. The molecule has 0 aliphatic carbocycles. The van der Waals surface area contributed by atoms with Crippen LogP contribution in [0.3, 0.4) is 0 Å². The van der Waals surface area contributed by atoms with Crippen LogP contribution in [0.4, 0.5) is 4.79 Å². The summed E-state index contributed by atoms with van der Waals surface area (Å²) in [6.07, 6.45) is 3.62. The second-order valence-electron chi connectivity index (χ2n) is 4.84. The molecule has 19 heavy (non-hydrogen) atoms. The van der Waals surface area contributed by atoms with Crippen LogP contribution in [0.2, 0.25) is 0 Å². The smallest absolute Gasteiger partial charge is 0.315 e. The molecule has 3 N–H and O–H groups in total. The lowest BCUT2D eigenvalue weighted by Gasteiger charge is -2.18. The molecule has 2 atom stereocenters. The van der Waals surface area contributed by atoms with Gasteiger partial charge in [-0.05, 0) is 44.1 Å². The van der Waals surface area contributed by atoms with Crippen LogP contribution in [0, 0.1) is 0 Å². The maximum Gasteiger partial charge on any atom is 0.315 e. The van der Waals surface area contributed by atoms with Crippen molar-refractivity contribution in [2.75, 3.05) is 18.1 Å². The third-order valence-electron chi connectivity index (χ3n) is 3.12. The molecule has 0 bridgehead atoms. The van der Waals surface area contributed by atoms with Crippen molar-refractivity contribution < 1.29 is 9.59 Å². The molecule has 0 spiro atoms. The molecule has 6 heteroatoms. The first-order valence-electron chi connectivity index (χ1n) is 7.06. The lowest BCUT2D eigenvalue weighted by molar-refractivity contribution is -0.122. The summed E-state index contributed by atoms with van der Waals surface area (Å²) in [5.41, 5.74) is 0. The minimum Gasteiger partial charge on any atom is -0.354 e. The van der Waals surface area contributed by atoms with Gasteiger partial charge in [0.1, 0.15) is 6.04 Å². The molecule has 1 heterocycles. The van der Waals surface area contributed by atoms with Crippen LogP contribution in [0.5, 0.6) is 0 Å². The van der Waals surface area contributed by atoms with E-state index in [4.69, 9.17) is 0 Å². The Morgan fingerprint density at radius 2 is 2.32 bits per heavy atom. The van der Waals surface area contributed by atoms with Crippen molar-refractivity contribution in [3.05, 3.63) is 0 Å². The first-order valence-corrected chi connectivity index (χ1v) is 8.21. The predicted molar refractivity (Wildman–Crippen MR) is 79.4 cm³/mol. The SMILES string of the molecule is CCSCC[C@@H](C)NC(=O)N[C@@H]1CCCCNC1=O. The van der Waals surface area contributed by atoms with Gasteiger partial charge >= 0.3 is 6.03 Å². The van der Waals surface area contributed by atoms with Crippen LogP contribution in [-0.2, 0) is 4.79 Å². The number of carbonyl (C=O) groups excluding carboxylic acids is 2. The van der Waals surface area contributed by atoms with Crippen LogP contribution in [0.1, 0.15) is 39.5 Å². The Bertz CT molecular complexity index is 300. The van der Waals surface area contributed by atoms with E-state index in [2.05, 4.69) is 22.9 Å². The van der Waals surface area contributed by atoms with Crippen LogP contribution in [0.15, 0.2) is 0 Å². The van der Waals surface area contributed by atoms with E-state index in [0.29, 0.717) is 6.54 Å². The van der Waals surface area contributed by atoms with E-state index >= 15 is 0 Å². The Morgan fingerprint density at radius 3 is 3.05 bits per heavy atom. The van der Waals surface area contributed by atoms with Gasteiger partial charge in [-0.25, -0.2) is 4.79 Å². The standard InChI is InChI=1S/C13H25N3O2S/c1-3-19-9-7-10(2)15-13(18)16-11-6-4-5-8-14-12(11)17/h10-11H,3-9H2,1-2H3,(H,14,17)(H2,15,16,18)/t10-,11-/m1/s1. The maximum absolute atomic E-state index is 11.8. The summed E-state index contributed by atoms with van der Waals surface area (Å²) >= 11 is 1.87. The molecule has 3 amide bonds. The van der Waals surface area contributed by atoms with Crippen molar-refractivity contribution in [2.24, 2.45) is 0 Å². The second-order valence-corrected chi connectivity index (χ2v) is 6.24. The van der Waals surface area contributed by atoms with Crippen LogP contribution >= 0.6 is 11.8 Å². The van der Waals surface area contributed by atoms with Gasteiger partial charge in [-0.15, -0.1) is 0 Å². The zero-order chi connectivity index (χ0) is 14.1. The summed E-state index contributed by atoms with van der Waals surface area (Å²) in [6.45, 7) is 4.83. The molecule has 1 aliphatic heterocycles. The summed E-state index contributed by atoms with van der Waals surface area (Å²) in [5, 5.41) is 8.46. The highest BCUT2D eigenvalue weighted by atomic mass is 32.2. The van der Waals surface area contributed by atoms with Gasteiger partial charge in [-0.3, -0.25) is 4.79 Å². The highest BCUT2D eigenvalue weighted by Gasteiger charge is 2.22. The summed E-state index contributed by atoms with van der Waals surface area (Å²) < 4.78 is 0. The average Bonchev–Trinajstić information content (AvgIpc) is 2.55. The maximum atomic E-state index is 11.8. The van der Waals surface area contributed by atoms with Crippen LogP contribution in [-0.4, -0.2) is 42.1 Å². The fraction of sp³-hybridized carbons (Fsp3) is 0.846. The Kier molecular flexibility index (Phi) is 7.70. The largest absolute Gasteiger partial charge is 0.354 e.